The van der Waals surface area contributed by atoms with Gasteiger partial charge < -0.3 is 10.1 Å². The molecule has 0 aliphatic heterocycles. The van der Waals surface area contributed by atoms with Crippen molar-refractivity contribution in [2.24, 2.45) is 5.92 Å². The van der Waals surface area contributed by atoms with Gasteiger partial charge in [-0.15, -0.1) is 0 Å². The van der Waals surface area contributed by atoms with E-state index in [2.05, 4.69) is 19.2 Å². The largest absolute Gasteiger partial charge is 0.383 e. The summed E-state index contributed by atoms with van der Waals surface area (Å²) in [6.45, 7) is 5.38. The molecular weight excluding hydrogens is 174 g/mol. The maximum absolute atomic E-state index is 5.20. The fraction of sp³-hybridized carbons (Fsp3) is 1.00. The molecule has 1 aliphatic rings. The molecule has 2 heteroatoms. The molecule has 1 rings (SSSR count). The molecule has 0 aromatic rings. The molecule has 0 saturated heterocycles. The molecule has 0 aromatic carbocycles. The lowest BCUT2D eigenvalue weighted by molar-refractivity contribution is 0.158. The van der Waals surface area contributed by atoms with E-state index >= 15 is 0 Å². The van der Waals surface area contributed by atoms with Crippen LogP contribution in [0.15, 0.2) is 0 Å². The first-order valence-electron chi connectivity index (χ1n) is 6.05. The van der Waals surface area contributed by atoms with Crippen LogP contribution in [0.2, 0.25) is 0 Å². The average molecular weight is 199 g/mol. The fourth-order valence-electron chi connectivity index (χ4n) is 2.42. The molecule has 3 unspecified atom stereocenters. The topological polar surface area (TPSA) is 21.3 Å². The van der Waals surface area contributed by atoms with Crippen LogP contribution in [0.5, 0.6) is 0 Å². The first-order chi connectivity index (χ1) is 6.80. The Balaban J connectivity index is 2.22. The standard InChI is InChI=1S/C12H25NO/c1-4-10-6-7-12(8-10)13-11(5-2)9-14-3/h10-13H,4-9H2,1-3H3. The number of ether oxygens (including phenoxy) is 1. The van der Waals surface area contributed by atoms with Gasteiger partial charge in [0.1, 0.15) is 0 Å². The van der Waals surface area contributed by atoms with Crippen LogP contribution in [0.25, 0.3) is 0 Å². The highest BCUT2D eigenvalue weighted by molar-refractivity contribution is 4.82. The molecule has 0 spiro atoms. The van der Waals surface area contributed by atoms with Crippen LogP contribution in [0.1, 0.15) is 46.0 Å². The van der Waals surface area contributed by atoms with Crippen molar-refractivity contribution in [1.82, 2.24) is 5.32 Å². The summed E-state index contributed by atoms with van der Waals surface area (Å²) in [5.74, 6) is 0.965. The molecule has 0 bridgehead atoms. The van der Waals surface area contributed by atoms with Crippen LogP contribution < -0.4 is 5.32 Å². The van der Waals surface area contributed by atoms with Gasteiger partial charge in [-0.2, -0.15) is 0 Å². The molecule has 0 heterocycles. The summed E-state index contributed by atoms with van der Waals surface area (Å²) < 4.78 is 5.20. The molecule has 0 amide bonds. The Hall–Kier alpha value is -0.0800. The summed E-state index contributed by atoms with van der Waals surface area (Å²) in [7, 11) is 1.79. The second-order valence-corrected chi connectivity index (χ2v) is 4.51. The Bertz CT molecular complexity index is 149. The average Bonchev–Trinajstić information content (AvgIpc) is 2.65. The molecule has 1 N–H and O–H groups in total. The van der Waals surface area contributed by atoms with Crippen molar-refractivity contribution in [3.63, 3.8) is 0 Å². The zero-order valence-corrected chi connectivity index (χ0v) is 9.88. The smallest absolute Gasteiger partial charge is 0.0615 e. The second-order valence-electron chi connectivity index (χ2n) is 4.51. The minimum absolute atomic E-state index is 0.556. The third-order valence-corrected chi connectivity index (χ3v) is 3.45. The molecule has 1 fully saturated rings. The van der Waals surface area contributed by atoms with E-state index in [0.717, 1.165) is 18.6 Å². The molecule has 1 aliphatic carbocycles. The molecule has 3 atom stereocenters. The summed E-state index contributed by atoms with van der Waals surface area (Å²) >= 11 is 0. The maximum atomic E-state index is 5.20. The highest BCUT2D eigenvalue weighted by atomic mass is 16.5. The van der Waals surface area contributed by atoms with Crippen molar-refractivity contribution in [3.8, 4) is 0 Å². The molecular formula is C12H25NO. The highest BCUT2D eigenvalue weighted by Gasteiger charge is 2.24. The summed E-state index contributed by atoms with van der Waals surface area (Å²) in [5.41, 5.74) is 0. The quantitative estimate of drug-likeness (QED) is 0.710. The first kappa shape index (κ1) is 12.0. The van der Waals surface area contributed by atoms with Crippen LogP contribution in [-0.2, 0) is 4.74 Å². The SMILES string of the molecule is CCC1CCC(NC(CC)COC)C1. The molecule has 14 heavy (non-hydrogen) atoms. The van der Waals surface area contributed by atoms with Crippen molar-refractivity contribution in [1.29, 1.82) is 0 Å². The zero-order valence-electron chi connectivity index (χ0n) is 9.88. The number of nitrogens with one attached hydrogen (secondary N) is 1. The molecule has 0 aromatic heterocycles. The number of hydrogen-bond acceptors (Lipinski definition) is 2. The normalized spacial score (nSPS) is 29.4. The van der Waals surface area contributed by atoms with Gasteiger partial charge in [-0.25, -0.2) is 0 Å². The van der Waals surface area contributed by atoms with Crippen molar-refractivity contribution >= 4 is 0 Å². The predicted molar refractivity (Wildman–Crippen MR) is 60.5 cm³/mol. The van der Waals surface area contributed by atoms with Gasteiger partial charge in [-0.3, -0.25) is 0 Å². The second kappa shape index (κ2) is 6.41. The van der Waals surface area contributed by atoms with E-state index in [0.29, 0.717) is 6.04 Å². The van der Waals surface area contributed by atoms with E-state index in [9.17, 15) is 0 Å². The highest BCUT2D eigenvalue weighted by Crippen LogP contribution is 2.28. The van der Waals surface area contributed by atoms with E-state index < -0.39 is 0 Å². The van der Waals surface area contributed by atoms with Gasteiger partial charge in [0.25, 0.3) is 0 Å². The van der Waals surface area contributed by atoms with Gasteiger partial charge in [-0.05, 0) is 31.6 Å². The van der Waals surface area contributed by atoms with E-state index in [1.165, 1.54) is 32.1 Å². The fourth-order valence-corrected chi connectivity index (χ4v) is 2.42. The lowest BCUT2D eigenvalue weighted by Gasteiger charge is -2.21. The summed E-state index contributed by atoms with van der Waals surface area (Å²) in [6, 6.07) is 1.31. The molecule has 1 saturated carbocycles. The Morgan fingerprint density at radius 3 is 2.64 bits per heavy atom. The maximum Gasteiger partial charge on any atom is 0.0615 e. The van der Waals surface area contributed by atoms with Crippen LogP contribution in [0.3, 0.4) is 0 Å². The Labute approximate surface area is 88.4 Å². The van der Waals surface area contributed by atoms with Gasteiger partial charge in [0.05, 0.1) is 6.61 Å². The number of hydrogen-bond donors (Lipinski definition) is 1. The van der Waals surface area contributed by atoms with Crippen LogP contribution in [0, 0.1) is 5.92 Å². The minimum atomic E-state index is 0.556. The Kier molecular flexibility index (Phi) is 5.49. The summed E-state index contributed by atoms with van der Waals surface area (Å²) in [5, 5.41) is 3.71. The van der Waals surface area contributed by atoms with E-state index in [-0.39, 0.29) is 0 Å². The lowest BCUT2D eigenvalue weighted by Crippen LogP contribution is -2.39. The third-order valence-electron chi connectivity index (χ3n) is 3.45. The predicted octanol–water partition coefficient (Wildman–Crippen LogP) is 2.58. The monoisotopic (exact) mass is 199 g/mol. The Morgan fingerprint density at radius 2 is 2.14 bits per heavy atom. The van der Waals surface area contributed by atoms with Gasteiger partial charge in [0.15, 0.2) is 0 Å². The van der Waals surface area contributed by atoms with Crippen LogP contribution in [0.4, 0.5) is 0 Å². The van der Waals surface area contributed by atoms with Crippen molar-refractivity contribution < 1.29 is 4.74 Å². The van der Waals surface area contributed by atoms with Crippen molar-refractivity contribution in [2.75, 3.05) is 13.7 Å². The van der Waals surface area contributed by atoms with E-state index in [4.69, 9.17) is 4.74 Å². The van der Waals surface area contributed by atoms with Gasteiger partial charge in [0.2, 0.25) is 0 Å². The number of methoxy groups -OCH3 is 1. The van der Waals surface area contributed by atoms with Crippen LogP contribution in [-0.4, -0.2) is 25.8 Å². The van der Waals surface area contributed by atoms with Gasteiger partial charge >= 0.3 is 0 Å². The van der Waals surface area contributed by atoms with E-state index in [1.54, 1.807) is 7.11 Å². The lowest BCUT2D eigenvalue weighted by atomic mass is 10.1. The molecule has 84 valence electrons. The molecule has 2 nitrogen and oxygen atoms in total. The summed E-state index contributed by atoms with van der Waals surface area (Å²) in [4.78, 5) is 0. The van der Waals surface area contributed by atoms with E-state index in [1.807, 2.05) is 0 Å². The minimum Gasteiger partial charge on any atom is -0.383 e. The third kappa shape index (κ3) is 3.58. The van der Waals surface area contributed by atoms with Gasteiger partial charge in [-0.1, -0.05) is 20.3 Å². The van der Waals surface area contributed by atoms with Gasteiger partial charge in [0, 0.05) is 19.2 Å². The van der Waals surface area contributed by atoms with Crippen molar-refractivity contribution in [3.05, 3.63) is 0 Å². The number of rotatable bonds is 6. The first-order valence-corrected chi connectivity index (χ1v) is 6.05. The van der Waals surface area contributed by atoms with Crippen LogP contribution >= 0.6 is 0 Å². The zero-order chi connectivity index (χ0) is 10.4. The van der Waals surface area contributed by atoms with Crippen molar-refractivity contribution in [2.45, 2.75) is 58.0 Å². The Morgan fingerprint density at radius 1 is 1.36 bits per heavy atom. The molecule has 0 radical (unpaired) electrons. The summed E-state index contributed by atoms with van der Waals surface area (Å²) in [6.07, 6.45) is 6.66.